The average Bonchev–Trinajstić information content (AvgIpc) is 1.97. The molecule has 4 aliphatic rings. The topological polar surface area (TPSA) is 43.9 Å². The minimum atomic E-state index is -3.05. The molecule has 4 aliphatic heterocycles. The highest BCUT2D eigenvalue weighted by atomic mass is 127. The van der Waals surface area contributed by atoms with Crippen molar-refractivity contribution in [3.05, 3.63) is 0 Å². The lowest BCUT2D eigenvalue weighted by Crippen LogP contribution is -3.00. The predicted octanol–water partition coefficient (Wildman–Crippen LogP) is -3.38. The fourth-order valence-corrected chi connectivity index (χ4v) is 9.40. The molecule has 0 spiro atoms. The van der Waals surface area contributed by atoms with Crippen molar-refractivity contribution in [2.45, 2.75) is 0 Å². The summed E-state index contributed by atoms with van der Waals surface area (Å²) in [6, 6.07) is 0. The maximum atomic E-state index is 11.7. The molecule has 0 aromatic heterocycles. The van der Waals surface area contributed by atoms with Gasteiger partial charge in [0.1, 0.15) is 18.9 Å². The van der Waals surface area contributed by atoms with Crippen LogP contribution >= 0.6 is 7.26 Å². The van der Waals surface area contributed by atoms with Gasteiger partial charge in [-0.2, -0.15) is 8.42 Å². The zero-order valence-electron chi connectivity index (χ0n) is 7.93. The Kier molecular flexibility index (Phi) is 2.66. The molecule has 4 rings (SSSR count). The summed E-state index contributed by atoms with van der Waals surface area (Å²) in [5.41, 5.74) is 0. The minimum absolute atomic E-state index is 0. The lowest BCUT2D eigenvalue weighted by Gasteiger charge is -2.53. The second-order valence-electron chi connectivity index (χ2n) is 4.41. The Morgan fingerprint density at radius 1 is 1.07 bits per heavy atom. The lowest BCUT2D eigenvalue weighted by atomic mass is 10.7. The van der Waals surface area contributed by atoms with Crippen LogP contribution in [-0.4, -0.2) is 60.8 Å². The molecule has 4 saturated heterocycles. The molecule has 5 nitrogen and oxygen atoms in total. The highest BCUT2D eigenvalue weighted by Gasteiger charge is 2.58. The third-order valence-electron chi connectivity index (χ3n) is 2.91. The van der Waals surface area contributed by atoms with Gasteiger partial charge in [0.05, 0.1) is 27.3 Å². The monoisotopic (exact) mass is 349 g/mol. The highest BCUT2D eigenvalue weighted by Crippen LogP contribution is 2.63. The first-order valence-corrected chi connectivity index (χ1v) is 8.50. The van der Waals surface area contributed by atoms with Crippen LogP contribution in [0, 0.1) is 0 Å². The molecule has 14 heavy (non-hydrogen) atoms. The first kappa shape index (κ1) is 11.5. The minimum Gasteiger partial charge on any atom is -1.00 e. The van der Waals surface area contributed by atoms with Crippen molar-refractivity contribution in [1.29, 1.82) is 0 Å². The van der Waals surface area contributed by atoms with Gasteiger partial charge in [-0.05, 0) is 0 Å². The second-order valence-corrected chi connectivity index (χ2v) is 10.4. The van der Waals surface area contributed by atoms with Gasteiger partial charge >= 0.3 is 0 Å². The molecule has 0 N–H and O–H groups in total. The zero-order valence-corrected chi connectivity index (χ0v) is 11.8. The number of hydrogen-bond acceptors (Lipinski definition) is 3. The Hall–Kier alpha value is 0.990. The lowest BCUT2D eigenvalue weighted by molar-refractivity contribution is -0.00000551. The fourth-order valence-electron chi connectivity index (χ4n) is 2.50. The summed E-state index contributed by atoms with van der Waals surface area (Å²) in [6.07, 6.45) is 2.76. The van der Waals surface area contributed by atoms with Crippen LogP contribution in [0.4, 0.5) is 0 Å². The molecule has 82 valence electrons. The molecule has 4 fully saturated rings. The van der Waals surface area contributed by atoms with E-state index in [1.807, 2.05) is 0 Å². The molecule has 0 amide bonds. The SMILES string of the molecule is C[P+]12CN3CN(C1)S(=O)(=O)N(C3)C2.[I-]. The van der Waals surface area contributed by atoms with Gasteiger partial charge in [-0.3, -0.25) is 0 Å². The van der Waals surface area contributed by atoms with Gasteiger partial charge in [0.15, 0.2) is 0 Å². The highest BCUT2D eigenvalue weighted by molar-refractivity contribution is 7.89. The predicted molar refractivity (Wildman–Crippen MR) is 51.6 cm³/mol. The van der Waals surface area contributed by atoms with E-state index in [1.54, 1.807) is 8.61 Å². The normalized spacial score (nSPS) is 52.8. The summed E-state index contributed by atoms with van der Waals surface area (Å²) in [7, 11) is -4.05. The maximum absolute atomic E-state index is 11.7. The largest absolute Gasteiger partial charge is 1.00 e. The van der Waals surface area contributed by atoms with Gasteiger partial charge in [0.25, 0.3) is 10.2 Å². The molecular formula is C6H13IN3O2PS. The molecular weight excluding hydrogens is 336 g/mol. The quantitative estimate of drug-likeness (QED) is 0.339. The Morgan fingerprint density at radius 2 is 1.57 bits per heavy atom. The van der Waals surface area contributed by atoms with E-state index < -0.39 is 17.5 Å². The first-order chi connectivity index (χ1) is 6.00. The Balaban J connectivity index is 0.000000750. The molecule has 0 aliphatic carbocycles. The van der Waals surface area contributed by atoms with Crippen LogP contribution in [0.3, 0.4) is 0 Å². The van der Waals surface area contributed by atoms with Gasteiger partial charge in [0, 0.05) is 0 Å². The van der Waals surface area contributed by atoms with E-state index in [1.165, 1.54) is 0 Å². The molecule has 0 radical (unpaired) electrons. The molecule has 8 heteroatoms. The Bertz CT molecular complexity index is 340. The van der Waals surface area contributed by atoms with Gasteiger partial charge in [0.2, 0.25) is 0 Å². The number of hydrogen-bond donors (Lipinski definition) is 0. The van der Waals surface area contributed by atoms with Gasteiger partial charge in [-0.25, -0.2) is 4.90 Å². The van der Waals surface area contributed by atoms with E-state index >= 15 is 0 Å². The zero-order chi connectivity index (χ0) is 9.27. The van der Waals surface area contributed by atoms with Crippen LogP contribution in [0.25, 0.3) is 0 Å². The third kappa shape index (κ3) is 1.44. The molecule has 2 unspecified atom stereocenters. The van der Waals surface area contributed by atoms with Crippen LogP contribution in [0.5, 0.6) is 0 Å². The van der Waals surface area contributed by atoms with Crippen LogP contribution in [0.15, 0.2) is 0 Å². The number of halogens is 1. The van der Waals surface area contributed by atoms with Crippen molar-refractivity contribution >= 4 is 17.5 Å². The fraction of sp³-hybridized carbons (Fsp3) is 1.00. The van der Waals surface area contributed by atoms with E-state index in [0.717, 1.165) is 18.9 Å². The summed E-state index contributed by atoms with van der Waals surface area (Å²) >= 11 is 0. The van der Waals surface area contributed by atoms with Crippen molar-refractivity contribution < 1.29 is 32.4 Å². The summed E-state index contributed by atoms with van der Waals surface area (Å²) in [5, 5.41) is 0. The van der Waals surface area contributed by atoms with Crippen molar-refractivity contribution in [1.82, 2.24) is 13.5 Å². The summed E-state index contributed by atoms with van der Waals surface area (Å²) in [6.45, 7) is 3.51. The van der Waals surface area contributed by atoms with Crippen molar-refractivity contribution in [2.24, 2.45) is 0 Å². The summed E-state index contributed by atoms with van der Waals surface area (Å²) in [4.78, 5) is 2.24. The Labute approximate surface area is 102 Å². The summed E-state index contributed by atoms with van der Waals surface area (Å²) in [5.74, 6) is 0. The number of rotatable bonds is 0. The van der Waals surface area contributed by atoms with Crippen LogP contribution in [0.1, 0.15) is 0 Å². The molecule has 4 bridgehead atoms. The van der Waals surface area contributed by atoms with E-state index in [-0.39, 0.29) is 24.0 Å². The molecule has 2 atom stereocenters. The van der Waals surface area contributed by atoms with Crippen LogP contribution < -0.4 is 24.0 Å². The van der Waals surface area contributed by atoms with Crippen molar-refractivity contribution in [3.8, 4) is 0 Å². The van der Waals surface area contributed by atoms with E-state index in [2.05, 4.69) is 11.6 Å². The third-order valence-corrected chi connectivity index (χ3v) is 8.22. The van der Waals surface area contributed by atoms with E-state index in [4.69, 9.17) is 0 Å². The second kappa shape index (κ2) is 3.24. The standard InChI is InChI=1S/C6H13N3O2PS.HI/c1-12-4-7-2-8(5-12)13(10,11)9(3-7)6-12;/h2-6H2,1H3;1H/q+1;/p-1. The van der Waals surface area contributed by atoms with Crippen molar-refractivity contribution in [3.63, 3.8) is 0 Å². The molecule has 0 aromatic rings. The first-order valence-electron chi connectivity index (χ1n) is 4.31. The molecule has 0 aromatic carbocycles. The average molecular weight is 349 g/mol. The van der Waals surface area contributed by atoms with Crippen LogP contribution in [0.2, 0.25) is 0 Å². The molecule has 0 saturated carbocycles. The van der Waals surface area contributed by atoms with Gasteiger partial charge in [-0.15, -0.1) is 8.61 Å². The number of nitrogens with zero attached hydrogens (tertiary/aromatic N) is 3. The van der Waals surface area contributed by atoms with E-state index in [9.17, 15) is 8.42 Å². The molecule has 4 heterocycles. The Morgan fingerprint density at radius 3 is 2.00 bits per heavy atom. The smallest absolute Gasteiger partial charge is 0.290 e. The van der Waals surface area contributed by atoms with Crippen LogP contribution in [-0.2, 0) is 10.2 Å². The van der Waals surface area contributed by atoms with Gasteiger partial charge in [-0.1, -0.05) is 0 Å². The van der Waals surface area contributed by atoms with Crippen molar-refractivity contribution in [2.75, 3.05) is 38.9 Å². The summed E-state index contributed by atoms with van der Waals surface area (Å²) < 4.78 is 26.8. The van der Waals surface area contributed by atoms with Gasteiger partial charge < -0.3 is 24.0 Å². The van der Waals surface area contributed by atoms with E-state index in [0.29, 0.717) is 13.3 Å². The maximum Gasteiger partial charge on any atom is 0.290 e.